The summed E-state index contributed by atoms with van der Waals surface area (Å²) in [5.74, 6) is -2.80. The molecule has 2 aliphatic carbocycles. The predicted octanol–water partition coefficient (Wildman–Crippen LogP) is 4.83. The lowest BCUT2D eigenvalue weighted by Gasteiger charge is -2.40. The smallest absolute Gasteiger partial charge is 0.261 e. The molecule has 2 heterocycles. The van der Waals surface area contributed by atoms with Crippen LogP contribution in [0.25, 0.3) is 0 Å². The Morgan fingerprint density at radius 2 is 1.10 bits per heavy atom. The van der Waals surface area contributed by atoms with Crippen LogP contribution in [-0.2, 0) is 9.22 Å². The predicted molar refractivity (Wildman–Crippen MR) is 158 cm³/mol. The van der Waals surface area contributed by atoms with E-state index in [0.29, 0.717) is 22.3 Å². The van der Waals surface area contributed by atoms with Crippen LogP contribution in [0, 0.1) is 29.1 Å². The van der Waals surface area contributed by atoms with Gasteiger partial charge in [-0.05, 0) is 66.1 Å². The molecule has 1 saturated carbocycles. The molecule has 1 unspecified atom stereocenters. The zero-order valence-electron chi connectivity index (χ0n) is 24.6. The zero-order chi connectivity index (χ0) is 30.2. The monoisotopic (exact) mass is 584 g/mol. The highest BCUT2D eigenvalue weighted by atomic mass is 28.4. The fourth-order valence-electron chi connectivity index (χ4n) is 7.07. The summed E-state index contributed by atoms with van der Waals surface area (Å²) in [7, 11) is -2.24. The highest BCUT2D eigenvalue weighted by Crippen LogP contribution is 2.60. The Morgan fingerprint density at radius 1 is 0.738 bits per heavy atom. The zero-order valence-corrected chi connectivity index (χ0v) is 25.6. The number of benzene rings is 2. The van der Waals surface area contributed by atoms with Gasteiger partial charge in [0.25, 0.3) is 23.6 Å². The molecule has 0 spiro atoms. The first-order valence-electron chi connectivity index (χ1n) is 14.5. The number of fused-ring (bicyclic) bond motifs is 4. The number of allylic oxidation sites excluding steroid dienone is 2. The number of imide groups is 2. The minimum atomic E-state index is -2.24. The Hall–Kier alpha value is -3.69. The van der Waals surface area contributed by atoms with E-state index in [9.17, 15) is 24.0 Å². The summed E-state index contributed by atoms with van der Waals surface area (Å²) in [5, 5.41) is -0.0682. The molecule has 0 aromatic heterocycles. The highest BCUT2D eigenvalue weighted by molar-refractivity contribution is 6.74. The van der Waals surface area contributed by atoms with Gasteiger partial charge in [0.2, 0.25) is 0 Å². The molecule has 1 fully saturated rings. The summed E-state index contributed by atoms with van der Waals surface area (Å²) in [6, 6.07) is 13.5. The highest BCUT2D eigenvalue weighted by Gasteiger charge is 2.63. The van der Waals surface area contributed by atoms with Crippen molar-refractivity contribution < 1.29 is 28.4 Å². The Balaban J connectivity index is 1.36. The average Bonchev–Trinajstić information content (AvgIpc) is 3.60. The summed E-state index contributed by atoms with van der Waals surface area (Å²) in [4.78, 5) is 69.2. The van der Waals surface area contributed by atoms with E-state index in [1.165, 1.54) is 9.80 Å². The van der Waals surface area contributed by atoms with Crippen LogP contribution in [0.4, 0.5) is 0 Å². The number of amides is 4. The van der Waals surface area contributed by atoms with E-state index in [4.69, 9.17) is 4.43 Å². The van der Waals surface area contributed by atoms with Crippen LogP contribution in [0.1, 0.15) is 62.2 Å². The van der Waals surface area contributed by atoms with Gasteiger partial charge in [0.1, 0.15) is 6.29 Å². The molecule has 2 aromatic carbocycles. The van der Waals surface area contributed by atoms with Crippen molar-refractivity contribution in [2.24, 2.45) is 29.1 Å². The average molecular weight is 585 g/mol. The van der Waals surface area contributed by atoms with Crippen molar-refractivity contribution in [2.45, 2.75) is 38.9 Å². The lowest BCUT2D eigenvalue weighted by molar-refractivity contribution is -0.120. The van der Waals surface area contributed by atoms with Crippen LogP contribution in [0.15, 0.2) is 60.7 Å². The largest absolute Gasteiger partial charge is 0.416 e. The second kappa shape index (κ2) is 9.67. The van der Waals surface area contributed by atoms with Crippen LogP contribution in [0.5, 0.6) is 0 Å². The third-order valence-electron chi connectivity index (χ3n) is 10.5. The molecule has 218 valence electrons. The fourth-order valence-corrected chi connectivity index (χ4v) is 8.11. The molecule has 9 heteroatoms. The van der Waals surface area contributed by atoms with Crippen LogP contribution in [-0.4, -0.2) is 67.7 Å². The van der Waals surface area contributed by atoms with E-state index in [0.717, 1.165) is 6.29 Å². The second-order valence-electron chi connectivity index (χ2n) is 13.6. The van der Waals surface area contributed by atoms with E-state index in [2.05, 4.69) is 33.9 Å². The van der Waals surface area contributed by atoms with Gasteiger partial charge >= 0.3 is 0 Å². The molecule has 0 N–H and O–H groups in total. The Morgan fingerprint density at radius 3 is 1.40 bits per heavy atom. The number of hydrogen-bond acceptors (Lipinski definition) is 6. The van der Waals surface area contributed by atoms with Crippen molar-refractivity contribution in [1.29, 1.82) is 0 Å². The third-order valence-corrected chi connectivity index (χ3v) is 15.0. The summed E-state index contributed by atoms with van der Waals surface area (Å²) in [6.07, 6.45) is 5.00. The van der Waals surface area contributed by atoms with Gasteiger partial charge < -0.3 is 9.22 Å². The summed E-state index contributed by atoms with van der Waals surface area (Å²) in [5.41, 5.74) is 0.520. The van der Waals surface area contributed by atoms with Crippen LogP contribution in [0.2, 0.25) is 18.1 Å². The first-order valence-corrected chi connectivity index (χ1v) is 17.4. The van der Waals surface area contributed by atoms with E-state index < -0.39 is 13.7 Å². The first kappa shape index (κ1) is 28.4. The van der Waals surface area contributed by atoms with Crippen molar-refractivity contribution in [3.8, 4) is 0 Å². The number of carbonyl (C=O) groups excluding carboxylic acids is 5. The van der Waals surface area contributed by atoms with Crippen LogP contribution < -0.4 is 0 Å². The number of carbonyl (C=O) groups is 5. The SMILES string of the molecule is CC(C)(C)[Si](C)(C)OCC1(C=O)[C@@H]2C=C[C@H]1[C@H](CN1C(=O)c3ccccc3C1=O)[C@H]2CN1C(=O)c2ccccc2C1=O. The quantitative estimate of drug-likeness (QED) is 0.191. The first-order chi connectivity index (χ1) is 19.8. The van der Waals surface area contributed by atoms with E-state index >= 15 is 0 Å². The Labute approximate surface area is 246 Å². The van der Waals surface area contributed by atoms with E-state index in [1.54, 1.807) is 48.5 Å². The molecular weight excluding hydrogens is 548 g/mol. The fraction of sp³-hybridized carbons (Fsp3) is 0.424. The molecular formula is C33H36N2O6Si. The van der Waals surface area contributed by atoms with Gasteiger partial charge in [-0.3, -0.25) is 29.0 Å². The van der Waals surface area contributed by atoms with Gasteiger partial charge in [-0.2, -0.15) is 0 Å². The molecule has 42 heavy (non-hydrogen) atoms. The maximum absolute atomic E-state index is 13.4. The Bertz CT molecular complexity index is 1390. The lowest BCUT2D eigenvalue weighted by atomic mass is 9.77. The van der Waals surface area contributed by atoms with Crippen molar-refractivity contribution in [3.63, 3.8) is 0 Å². The maximum Gasteiger partial charge on any atom is 0.261 e. The molecule has 0 saturated heterocycles. The van der Waals surface area contributed by atoms with Gasteiger partial charge in [0.05, 0.1) is 27.7 Å². The number of hydrogen-bond donors (Lipinski definition) is 0. The number of rotatable bonds is 8. The molecule has 8 nitrogen and oxygen atoms in total. The summed E-state index contributed by atoms with van der Waals surface area (Å²) in [6.45, 7) is 11.1. The molecule has 2 aliphatic heterocycles. The van der Waals surface area contributed by atoms with Crippen molar-refractivity contribution in [2.75, 3.05) is 19.7 Å². The molecule has 2 bridgehead atoms. The molecule has 2 aromatic rings. The Kier molecular flexibility index (Phi) is 6.55. The minimum Gasteiger partial charge on any atom is -0.416 e. The molecule has 5 atom stereocenters. The summed E-state index contributed by atoms with van der Waals surface area (Å²) >= 11 is 0. The van der Waals surface area contributed by atoms with Crippen LogP contribution >= 0.6 is 0 Å². The number of aldehydes is 1. The normalized spacial score (nSPS) is 28.2. The summed E-state index contributed by atoms with van der Waals surface area (Å²) < 4.78 is 6.65. The van der Waals surface area contributed by atoms with Crippen molar-refractivity contribution >= 4 is 38.2 Å². The number of nitrogens with zero attached hydrogens (tertiary/aromatic N) is 2. The molecule has 0 radical (unpaired) electrons. The minimum absolute atomic E-state index is 0.0682. The lowest BCUT2D eigenvalue weighted by Crippen LogP contribution is -2.46. The maximum atomic E-state index is 13.4. The second-order valence-corrected chi connectivity index (χ2v) is 18.4. The van der Waals surface area contributed by atoms with Crippen molar-refractivity contribution in [1.82, 2.24) is 9.80 Å². The topological polar surface area (TPSA) is 101 Å². The standard InChI is InChI=1S/C33H36N2O6Si/c1-32(2,3)42(4,5)41-19-33(18-36)26-14-15-27(33)25(17-35-30(39)22-12-8-9-13-23(22)31(35)40)24(26)16-34-28(37)20-10-6-7-11-21(20)29(34)38/h6-15,18,24-27H,16-17,19H2,1-5H3/t24-,25-,26-,27+,33?/m1/s1. The van der Waals surface area contributed by atoms with Gasteiger partial charge in [0, 0.05) is 19.7 Å². The van der Waals surface area contributed by atoms with Crippen LogP contribution in [0.3, 0.4) is 0 Å². The van der Waals surface area contributed by atoms with Gasteiger partial charge in [-0.25, -0.2) is 0 Å². The van der Waals surface area contributed by atoms with E-state index in [-0.39, 0.29) is 72.0 Å². The molecule has 6 rings (SSSR count). The van der Waals surface area contributed by atoms with Gasteiger partial charge in [0.15, 0.2) is 8.32 Å². The van der Waals surface area contributed by atoms with Gasteiger partial charge in [-0.1, -0.05) is 57.2 Å². The van der Waals surface area contributed by atoms with Crippen molar-refractivity contribution in [3.05, 3.63) is 82.9 Å². The molecule has 4 aliphatic rings. The van der Waals surface area contributed by atoms with E-state index in [1.807, 2.05) is 12.2 Å². The third kappa shape index (κ3) is 4.00. The van der Waals surface area contributed by atoms with Gasteiger partial charge in [-0.15, -0.1) is 0 Å². The molecule has 4 amide bonds.